The molecule has 0 aromatic carbocycles. The number of aliphatic carboxylic acids is 1. The molecule has 1 rings (SSSR count). The second-order valence-corrected chi connectivity index (χ2v) is 5.15. The van der Waals surface area contributed by atoms with Crippen LogP contribution in [0.15, 0.2) is 0 Å². The van der Waals surface area contributed by atoms with Crippen molar-refractivity contribution in [1.82, 2.24) is 4.90 Å². The van der Waals surface area contributed by atoms with Crippen LogP contribution in [0.3, 0.4) is 0 Å². The highest BCUT2D eigenvalue weighted by Crippen LogP contribution is 2.17. The summed E-state index contributed by atoms with van der Waals surface area (Å²) in [5.74, 6) is -0.623. The SMILES string of the molecule is CCCCCCCC(C(=O)O)N1CCCCC1. The Morgan fingerprint density at radius 1 is 1.12 bits per heavy atom. The van der Waals surface area contributed by atoms with Gasteiger partial charge in [0, 0.05) is 0 Å². The van der Waals surface area contributed by atoms with Crippen molar-refractivity contribution in [1.29, 1.82) is 0 Å². The molecule has 1 heterocycles. The van der Waals surface area contributed by atoms with E-state index in [2.05, 4.69) is 11.8 Å². The Balaban J connectivity index is 2.25. The minimum atomic E-state index is -0.623. The summed E-state index contributed by atoms with van der Waals surface area (Å²) >= 11 is 0. The van der Waals surface area contributed by atoms with Crippen LogP contribution in [0.2, 0.25) is 0 Å². The smallest absolute Gasteiger partial charge is 0.320 e. The van der Waals surface area contributed by atoms with E-state index >= 15 is 0 Å². The van der Waals surface area contributed by atoms with E-state index in [0.717, 1.165) is 25.9 Å². The zero-order chi connectivity index (χ0) is 12.5. The minimum Gasteiger partial charge on any atom is -0.480 e. The predicted octanol–water partition coefficient (Wildman–Crippen LogP) is 3.29. The maximum absolute atomic E-state index is 11.3. The Hall–Kier alpha value is -0.570. The molecule has 0 saturated carbocycles. The molecular weight excluding hydrogens is 214 g/mol. The zero-order valence-electron chi connectivity index (χ0n) is 11.2. The molecule has 100 valence electrons. The molecule has 3 nitrogen and oxygen atoms in total. The molecule has 0 amide bonds. The quantitative estimate of drug-likeness (QED) is 0.663. The number of unbranched alkanes of at least 4 members (excludes halogenated alkanes) is 4. The second kappa shape index (κ2) is 8.51. The molecule has 0 spiro atoms. The first-order valence-electron chi connectivity index (χ1n) is 7.22. The van der Waals surface area contributed by atoms with Crippen LogP contribution >= 0.6 is 0 Å². The van der Waals surface area contributed by atoms with Gasteiger partial charge in [-0.2, -0.15) is 0 Å². The zero-order valence-corrected chi connectivity index (χ0v) is 11.2. The van der Waals surface area contributed by atoms with E-state index < -0.39 is 5.97 Å². The van der Waals surface area contributed by atoms with Crippen molar-refractivity contribution in [2.24, 2.45) is 0 Å². The van der Waals surface area contributed by atoms with Gasteiger partial charge in [-0.3, -0.25) is 9.69 Å². The third-order valence-electron chi connectivity index (χ3n) is 3.70. The van der Waals surface area contributed by atoms with Crippen molar-refractivity contribution in [3.8, 4) is 0 Å². The summed E-state index contributed by atoms with van der Waals surface area (Å²) in [4.78, 5) is 13.4. The lowest BCUT2D eigenvalue weighted by atomic mass is 10.0. The lowest BCUT2D eigenvalue weighted by Gasteiger charge is -2.32. The summed E-state index contributed by atoms with van der Waals surface area (Å²) in [5.41, 5.74) is 0. The fourth-order valence-electron chi connectivity index (χ4n) is 2.63. The normalized spacial score (nSPS) is 19.1. The van der Waals surface area contributed by atoms with Gasteiger partial charge in [0.1, 0.15) is 6.04 Å². The van der Waals surface area contributed by atoms with Gasteiger partial charge in [-0.05, 0) is 32.4 Å². The summed E-state index contributed by atoms with van der Waals surface area (Å²) in [5, 5.41) is 9.29. The largest absolute Gasteiger partial charge is 0.480 e. The predicted molar refractivity (Wildman–Crippen MR) is 70.2 cm³/mol. The van der Waals surface area contributed by atoms with Crippen molar-refractivity contribution >= 4 is 5.97 Å². The maximum atomic E-state index is 11.3. The lowest BCUT2D eigenvalue weighted by Crippen LogP contribution is -2.44. The van der Waals surface area contributed by atoms with Crippen LogP contribution in [0.5, 0.6) is 0 Å². The van der Waals surface area contributed by atoms with Gasteiger partial charge >= 0.3 is 5.97 Å². The van der Waals surface area contributed by atoms with Crippen LogP contribution < -0.4 is 0 Å². The van der Waals surface area contributed by atoms with Crippen molar-refractivity contribution in [3.05, 3.63) is 0 Å². The standard InChI is InChI=1S/C14H27NO2/c1-2-3-4-5-7-10-13(14(16)17)15-11-8-6-9-12-15/h13H,2-12H2,1H3,(H,16,17). The Bertz CT molecular complexity index is 212. The van der Waals surface area contributed by atoms with Gasteiger partial charge in [-0.15, -0.1) is 0 Å². The van der Waals surface area contributed by atoms with E-state index in [9.17, 15) is 9.90 Å². The Labute approximate surface area is 105 Å². The summed E-state index contributed by atoms with van der Waals surface area (Å²) in [7, 11) is 0. The summed E-state index contributed by atoms with van der Waals surface area (Å²) in [6, 6.07) is -0.225. The first-order valence-corrected chi connectivity index (χ1v) is 7.22. The van der Waals surface area contributed by atoms with E-state index in [4.69, 9.17) is 0 Å². The Morgan fingerprint density at radius 3 is 2.35 bits per heavy atom. The molecule has 1 atom stereocenters. The Kier molecular flexibility index (Phi) is 7.25. The molecule has 0 aromatic rings. The molecule has 1 fully saturated rings. The number of piperidine rings is 1. The van der Waals surface area contributed by atoms with E-state index in [1.165, 1.54) is 44.9 Å². The van der Waals surface area contributed by atoms with Crippen LogP contribution in [0.1, 0.15) is 64.7 Å². The molecule has 1 aliphatic heterocycles. The molecule has 1 saturated heterocycles. The van der Waals surface area contributed by atoms with Crippen LogP contribution in [-0.2, 0) is 4.79 Å². The van der Waals surface area contributed by atoms with Crippen LogP contribution in [0.25, 0.3) is 0 Å². The maximum Gasteiger partial charge on any atom is 0.320 e. The molecule has 0 radical (unpaired) electrons. The van der Waals surface area contributed by atoms with Gasteiger partial charge in [-0.25, -0.2) is 0 Å². The second-order valence-electron chi connectivity index (χ2n) is 5.15. The van der Waals surface area contributed by atoms with Crippen molar-refractivity contribution in [2.45, 2.75) is 70.8 Å². The highest BCUT2D eigenvalue weighted by atomic mass is 16.4. The fourth-order valence-corrected chi connectivity index (χ4v) is 2.63. The van der Waals surface area contributed by atoms with Crippen LogP contribution in [0.4, 0.5) is 0 Å². The van der Waals surface area contributed by atoms with E-state index in [0.29, 0.717) is 0 Å². The molecule has 1 unspecified atom stereocenters. The van der Waals surface area contributed by atoms with Gasteiger partial charge in [0.15, 0.2) is 0 Å². The first-order chi connectivity index (χ1) is 8.25. The highest BCUT2D eigenvalue weighted by Gasteiger charge is 2.25. The molecule has 0 aromatic heterocycles. The number of nitrogens with zero attached hydrogens (tertiary/aromatic N) is 1. The fraction of sp³-hybridized carbons (Fsp3) is 0.929. The molecule has 3 heteroatoms. The van der Waals surface area contributed by atoms with Crippen molar-refractivity contribution in [2.75, 3.05) is 13.1 Å². The van der Waals surface area contributed by atoms with Gasteiger partial charge in [0.25, 0.3) is 0 Å². The molecule has 0 aliphatic carbocycles. The minimum absolute atomic E-state index is 0.225. The van der Waals surface area contributed by atoms with E-state index in [1.807, 2.05) is 0 Å². The summed E-state index contributed by atoms with van der Waals surface area (Å²) in [6.45, 7) is 4.16. The molecule has 17 heavy (non-hydrogen) atoms. The molecule has 1 aliphatic rings. The number of carboxylic acid groups (broad SMARTS) is 1. The number of rotatable bonds is 8. The molecule has 1 N–H and O–H groups in total. The monoisotopic (exact) mass is 241 g/mol. The van der Waals surface area contributed by atoms with Crippen LogP contribution in [-0.4, -0.2) is 35.1 Å². The van der Waals surface area contributed by atoms with Gasteiger partial charge in [0.05, 0.1) is 0 Å². The van der Waals surface area contributed by atoms with Crippen molar-refractivity contribution in [3.63, 3.8) is 0 Å². The first kappa shape index (κ1) is 14.5. The topological polar surface area (TPSA) is 40.5 Å². The number of carboxylic acids is 1. The number of carbonyl (C=O) groups is 1. The van der Waals surface area contributed by atoms with E-state index in [1.54, 1.807) is 0 Å². The lowest BCUT2D eigenvalue weighted by molar-refractivity contribution is -0.144. The average molecular weight is 241 g/mol. The number of likely N-dealkylation sites (tertiary alicyclic amines) is 1. The summed E-state index contributed by atoms with van der Waals surface area (Å²) in [6.07, 6.45) is 10.5. The van der Waals surface area contributed by atoms with Crippen molar-refractivity contribution < 1.29 is 9.90 Å². The van der Waals surface area contributed by atoms with E-state index in [-0.39, 0.29) is 6.04 Å². The third kappa shape index (κ3) is 5.53. The van der Waals surface area contributed by atoms with Gasteiger partial charge in [-0.1, -0.05) is 45.4 Å². The number of hydrogen-bond acceptors (Lipinski definition) is 2. The Morgan fingerprint density at radius 2 is 1.76 bits per heavy atom. The number of hydrogen-bond donors (Lipinski definition) is 1. The molecule has 0 bridgehead atoms. The third-order valence-corrected chi connectivity index (χ3v) is 3.70. The average Bonchev–Trinajstić information content (AvgIpc) is 2.34. The van der Waals surface area contributed by atoms with Crippen LogP contribution in [0, 0.1) is 0 Å². The van der Waals surface area contributed by atoms with Gasteiger partial charge < -0.3 is 5.11 Å². The highest BCUT2D eigenvalue weighted by molar-refractivity contribution is 5.73. The molecular formula is C14H27NO2. The van der Waals surface area contributed by atoms with Gasteiger partial charge in [0.2, 0.25) is 0 Å². The summed E-state index contributed by atoms with van der Waals surface area (Å²) < 4.78 is 0.